The summed E-state index contributed by atoms with van der Waals surface area (Å²) in [4.78, 5) is 0. The third-order valence-electron chi connectivity index (χ3n) is 5.94. The lowest BCUT2D eigenvalue weighted by molar-refractivity contribution is 0.0916. The maximum absolute atomic E-state index is 7.17. The smallest absolute Gasteiger partial charge is 0.193 e. The SMILES string of the molecule is CCCC[Si](CCCC)(CCCC)O[C@@H](CC)C1CCCCC1. The summed E-state index contributed by atoms with van der Waals surface area (Å²) in [6.45, 7) is 9.41. The minimum absolute atomic E-state index is 0.576. The largest absolute Gasteiger partial charge is 0.414 e. The monoisotopic (exact) mass is 340 g/mol. The van der Waals surface area contributed by atoms with Gasteiger partial charge < -0.3 is 4.43 Å². The lowest BCUT2D eigenvalue weighted by Crippen LogP contribution is -2.44. The molecule has 1 saturated carbocycles. The molecule has 0 aromatic heterocycles. The van der Waals surface area contributed by atoms with Gasteiger partial charge in [-0.15, -0.1) is 0 Å². The summed E-state index contributed by atoms with van der Waals surface area (Å²) in [6, 6.07) is 4.27. The van der Waals surface area contributed by atoms with Gasteiger partial charge in [-0.2, -0.15) is 0 Å². The van der Waals surface area contributed by atoms with Crippen LogP contribution in [0.5, 0.6) is 0 Å². The predicted molar refractivity (Wildman–Crippen MR) is 107 cm³/mol. The quantitative estimate of drug-likeness (QED) is 0.312. The summed E-state index contributed by atoms with van der Waals surface area (Å²) in [5, 5.41) is 0. The van der Waals surface area contributed by atoms with E-state index in [9.17, 15) is 0 Å². The van der Waals surface area contributed by atoms with Gasteiger partial charge in [0, 0.05) is 6.10 Å². The second kappa shape index (κ2) is 12.5. The number of hydrogen-bond acceptors (Lipinski definition) is 1. The number of unbranched alkanes of at least 4 members (excludes halogenated alkanes) is 3. The highest BCUT2D eigenvalue weighted by Gasteiger charge is 2.37. The first-order valence-electron chi connectivity index (χ1n) is 10.9. The summed E-state index contributed by atoms with van der Waals surface area (Å²) in [6.07, 6.45) is 17.2. The molecule has 0 amide bonds. The van der Waals surface area contributed by atoms with Crippen molar-refractivity contribution < 1.29 is 4.43 Å². The lowest BCUT2D eigenvalue weighted by Gasteiger charge is -2.40. The lowest BCUT2D eigenvalue weighted by atomic mass is 9.84. The minimum atomic E-state index is -1.53. The van der Waals surface area contributed by atoms with Crippen LogP contribution in [-0.2, 0) is 4.43 Å². The molecule has 0 aromatic rings. The molecule has 1 fully saturated rings. The zero-order valence-electron chi connectivity index (χ0n) is 16.7. The van der Waals surface area contributed by atoms with Gasteiger partial charge in [0.15, 0.2) is 8.32 Å². The molecule has 0 heterocycles. The van der Waals surface area contributed by atoms with Gasteiger partial charge in [-0.3, -0.25) is 0 Å². The van der Waals surface area contributed by atoms with Crippen molar-refractivity contribution in [2.24, 2.45) is 5.92 Å². The van der Waals surface area contributed by atoms with E-state index in [4.69, 9.17) is 4.43 Å². The van der Waals surface area contributed by atoms with Crippen LogP contribution in [0.3, 0.4) is 0 Å². The van der Waals surface area contributed by atoms with E-state index in [1.54, 1.807) is 0 Å². The van der Waals surface area contributed by atoms with E-state index in [1.165, 1.54) is 95.2 Å². The first kappa shape index (κ1) is 21.2. The molecule has 1 aliphatic rings. The van der Waals surface area contributed by atoms with Crippen molar-refractivity contribution in [3.8, 4) is 0 Å². The Bertz CT molecular complexity index is 251. The maximum atomic E-state index is 7.17. The summed E-state index contributed by atoms with van der Waals surface area (Å²) in [7, 11) is -1.53. The van der Waals surface area contributed by atoms with Crippen molar-refractivity contribution in [3.63, 3.8) is 0 Å². The van der Waals surface area contributed by atoms with Crippen LogP contribution in [0, 0.1) is 5.92 Å². The van der Waals surface area contributed by atoms with Gasteiger partial charge in [-0.1, -0.05) is 85.5 Å². The average molecular weight is 341 g/mol. The van der Waals surface area contributed by atoms with Crippen molar-refractivity contribution in [1.82, 2.24) is 0 Å². The van der Waals surface area contributed by atoms with E-state index in [-0.39, 0.29) is 0 Å². The van der Waals surface area contributed by atoms with Crippen LogP contribution in [0.1, 0.15) is 105 Å². The zero-order chi connectivity index (χ0) is 17.0. The molecule has 0 N–H and O–H groups in total. The Morgan fingerprint density at radius 3 is 1.65 bits per heavy atom. The second-order valence-electron chi connectivity index (χ2n) is 7.96. The van der Waals surface area contributed by atoms with E-state index in [0.29, 0.717) is 6.10 Å². The Morgan fingerprint density at radius 2 is 1.26 bits per heavy atom. The predicted octanol–water partition coefficient (Wildman–Crippen LogP) is 7.71. The Morgan fingerprint density at radius 1 is 0.783 bits per heavy atom. The molecule has 0 radical (unpaired) electrons. The van der Waals surface area contributed by atoms with Crippen LogP contribution in [0.2, 0.25) is 18.1 Å². The molecular formula is C21H44OSi. The van der Waals surface area contributed by atoms with Crippen molar-refractivity contribution >= 4 is 8.32 Å². The molecular weight excluding hydrogens is 296 g/mol. The Balaban J connectivity index is 2.78. The van der Waals surface area contributed by atoms with Gasteiger partial charge in [0.05, 0.1) is 0 Å². The molecule has 2 heteroatoms. The third kappa shape index (κ3) is 7.73. The van der Waals surface area contributed by atoms with Gasteiger partial charge in [-0.25, -0.2) is 0 Å². The topological polar surface area (TPSA) is 9.23 Å². The number of hydrogen-bond donors (Lipinski definition) is 0. The van der Waals surface area contributed by atoms with Gasteiger partial charge >= 0.3 is 0 Å². The molecule has 0 saturated heterocycles. The maximum Gasteiger partial charge on any atom is 0.193 e. The summed E-state index contributed by atoms with van der Waals surface area (Å²) >= 11 is 0. The van der Waals surface area contributed by atoms with Crippen LogP contribution in [0.25, 0.3) is 0 Å². The van der Waals surface area contributed by atoms with Crippen LogP contribution in [0.4, 0.5) is 0 Å². The van der Waals surface area contributed by atoms with Gasteiger partial charge in [0.1, 0.15) is 0 Å². The van der Waals surface area contributed by atoms with Gasteiger partial charge in [0.25, 0.3) is 0 Å². The molecule has 0 unspecified atom stereocenters. The molecule has 1 aliphatic carbocycles. The Hall–Kier alpha value is 0.177. The van der Waals surface area contributed by atoms with Crippen molar-refractivity contribution in [1.29, 1.82) is 0 Å². The molecule has 1 nitrogen and oxygen atoms in total. The van der Waals surface area contributed by atoms with E-state index in [2.05, 4.69) is 27.7 Å². The fourth-order valence-electron chi connectivity index (χ4n) is 4.39. The minimum Gasteiger partial charge on any atom is -0.414 e. The fraction of sp³-hybridized carbons (Fsp3) is 1.00. The van der Waals surface area contributed by atoms with Crippen molar-refractivity contribution in [3.05, 3.63) is 0 Å². The summed E-state index contributed by atoms with van der Waals surface area (Å²) < 4.78 is 7.17. The molecule has 0 aromatic carbocycles. The van der Waals surface area contributed by atoms with Gasteiger partial charge in [0.2, 0.25) is 0 Å². The molecule has 0 bridgehead atoms. The van der Waals surface area contributed by atoms with Gasteiger partial charge in [-0.05, 0) is 43.3 Å². The van der Waals surface area contributed by atoms with Crippen LogP contribution < -0.4 is 0 Å². The standard InChI is InChI=1S/C21H44OSi/c1-5-9-17-23(18-10-6-2,19-11-7-3)22-21(8-4)20-15-13-12-14-16-20/h20-21H,5-19H2,1-4H3/t21-/m0/s1. The Kier molecular flexibility index (Phi) is 11.6. The van der Waals surface area contributed by atoms with E-state index in [0.717, 1.165) is 5.92 Å². The van der Waals surface area contributed by atoms with E-state index >= 15 is 0 Å². The molecule has 0 spiro atoms. The molecule has 138 valence electrons. The highest BCUT2D eigenvalue weighted by atomic mass is 28.4. The highest BCUT2D eigenvalue weighted by Crippen LogP contribution is 2.36. The van der Waals surface area contributed by atoms with E-state index < -0.39 is 8.32 Å². The summed E-state index contributed by atoms with van der Waals surface area (Å²) in [5.41, 5.74) is 0. The summed E-state index contributed by atoms with van der Waals surface area (Å²) in [5.74, 6) is 0.866. The first-order chi connectivity index (χ1) is 11.2. The molecule has 1 atom stereocenters. The normalized spacial score (nSPS) is 18.3. The number of rotatable bonds is 13. The van der Waals surface area contributed by atoms with Crippen LogP contribution >= 0.6 is 0 Å². The Labute approximate surface area is 148 Å². The first-order valence-corrected chi connectivity index (χ1v) is 13.4. The highest BCUT2D eigenvalue weighted by molar-refractivity contribution is 6.73. The molecule has 23 heavy (non-hydrogen) atoms. The van der Waals surface area contributed by atoms with E-state index in [1.807, 2.05) is 0 Å². The fourth-order valence-corrected chi connectivity index (χ4v) is 9.49. The third-order valence-corrected chi connectivity index (χ3v) is 10.5. The van der Waals surface area contributed by atoms with Crippen LogP contribution in [0.15, 0.2) is 0 Å². The van der Waals surface area contributed by atoms with Crippen molar-refractivity contribution in [2.45, 2.75) is 129 Å². The molecule has 1 rings (SSSR count). The molecule has 0 aliphatic heterocycles. The average Bonchev–Trinajstić information content (AvgIpc) is 2.61. The second-order valence-corrected chi connectivity index (χ2v) is 12.1. The zero-order valence-corrected chi connectivity index (χ0v) is 17.7. The van der Waals surface area contributed by atoms with Crippen LogP contribution in [-0.4, -0.2) is 14.4 Å². The van der Waals surface area contributed by atoms with Crippen molar-refractivity contribution in [2.75, 3.05) is 0 Å².